The number of fused-ring (bicyclic) bond motifs is 2. The van der Waals surface area contributed by atoms with Crippen LogP contribution in [0.5, 0.6) is 11.5 Å². The number of ether oxygens (including phenoxy) is 3. The van der Waals surface area contributed by atoms with Gasteiger partial charge in [-0.25, -0.2) is 0 Å². The monoisotopic (exact) mass is 399 g/mol. The number of thioether (sulfide) groups is 1. The molecule has 1 aliphatic carbocycles. The fraction of sp³-hybridized carbons (Fsp3) is 0.333. The summed E-state index contributed by atoms with van der Waals surface area (Å²) in [5.74, 6) is 0.572. The maximum atomic E-state index is 12.3. The van der Waals surface area contributed by atoms with Crippen molar-refractivity contribution in [2.45, 2.75) is 37.2 Å². The molecule has 0 spiro atoms. The minimum absolute atomic E-state index is 0.167. The van der Waals surface area contributed by atoms with Crippen LogP contribution in [0.3, 0.4) is 0 Å². The van der Waals surface area contributed by atoms with Crippen molar-refractivity contribution in [3.63, 3.8) is 0 Å². The molecule has 1 amide bonds. The van der Waals surface area contributed by atoms with E-state index < -0.39 is 18.0 Å². The first-order valence-electron chi connectivity index (χ1n) is 9.23. The zero-order valence-corrected chi connectivity index (χ0v) is 16.3. The predicted molar refractivity (Wildman–Crippen MR) is 106 cm³/mol. The van der Waals surface area contributed by atoms with Crippen LogP contribution in [-0.4, -0.2) is 30.5 Å². The van der Waals surface area contributed by atoms with Crippen LogP contribution in [0.1, 0.15) is 24.5 Å². The highest BCUT2D eigenvalue weighted by atomic mass is 32.2. The maximum absolute atomic E-state index is 12.3. The van der Waals surface area contributed by atoms with Crippen molar-refractivity contribution in [1.82, 2.24) is 0 Å². The number of anilines is 1. The van der Waals surface area contributed by atoms with E-state index in [4.69, 9.17) is 14.2 Å². The largest absolute Gasteiger partial charge is 0.454 e. The van der Waals surface area contributed by atoms with E-state index in [2.05, 4.69) is 17.4 Å². The molecule has 2 aromatic carbocycles. The molecule has 4 rings (SSSR count). The summed E-state index contributed by atoms with van der Waals surface area (Å²) in [6, 6.07) is 11.4. The first-order valence-corrected chi connectivity index (χ1v) is 10.2. The zero-order chi connectivity index (χ0) is 19.5. The fourth-order valence-electron chi connectivity index (χ4n) is 3.28. The van der Waals surface area contributed by atoms with Crippen molar-refractivity contribution < 1.29 is 23.8 Å². The molecule has 1 aliphatic heterocycles. The van der Waals surface area contributed by atoms with Crippen molar-refractivity contribution in [2.75, 3.05) is 17.9 Å². The van der Waals surface area contributed by atoms with Gasteiger partial charge in [-0.05, 0) is 61.6 Å². The summed E-state index contributed by atoms with van der Waals surface area (Å²) in [6.07, 6.45) is 2.55. The molecule has 0 unspecified atom stereocenters. The van der Waals surface area contributed by atoms with Crippen LogP contribution in [-0.2, 0) is 27.2 Å². The molecule has 1 heterocycles. The minimum Gasteiger partial charge on any atom is -0.454 e. The maximum Gasteiger partial charge on any atom is 0.317 e. The summed E-state index contributed by atoms with van der Waals surface area (Å²) < 4.78 is 15.8. The van der Waals surface area contributed by atoms with Crippen molar-refractivity contribution in [3.8, 4) is 11.5 Å². The molecule has 2 aromatic rings. The molecule has 0 saturated heterocycles. The molecule has 146 valence electrons. The lowest BCUT2D eigenvalue weighted by molar-refractivity contribution is -0.150. The van der Waals surface area contributed by atoms with Gasteiger partial charge in [0.2, 0.25) is 6.79 Å². The van der Waals surface area contributed by atoms with Gasteiger partial charge in [-0.1, -0.05) is 6.07 Å². The van der Waals surface area contributed by atoms with E-state index >= 15 is 0 Å². The van der Waals surface area contributed by atoms with Gasteiger partial charge in [0, 0.05) is 16.6 Å². The Bertz CT molecular complexity index is 914. The molecular weight excluding hydrogens is 378 g/mol. The fourth-order valence-corrected chi connectivity index (χ4v) is 4.03. The summed E-state index contributed by atoms with van der Waals surface area (Å²) in [6.45, 7) is 1.73. The van der Waals surface area contributed by atoms with Gasteiger partial charge in [0.1, 0.15) is 0 Å². The van der Waals surface area contributed by atoms with Crippen LogP contribution < -0.4 is 14.8 Å². The highest BCUT2D eigenvalue weighted by Crippen LogP contribution is 2.34. The van der Waals surface area contributed by atoms with Crippen molar-refractivity contribution in [1.29, 1.82) is 0 Å². The number of nitrogens with one attached hydrogen (secondary N) is 1. The van der Waals surface area contributed by atoms with Gasteiger partial charge in [-0.3, -0.25) is 9.59 Å². The number of rotatable bonds is 6. The first-order chi connectivity index (χ1) is 13.6. The van der Waals surface area contributed by atoms with Crippen LogP contribution in [0.15, 0.2) is 41.3 Å². The number of carbonyl (C=O) groups excluding carboxylic acids is 2. The summed E-state index contributed by atoms with van der Waals surface area (Å²) in [4.78, 5) is 25.4. The minimum atomic E-state index is -0.890. The summed E-state index contributed by atoms with van der Waals surface area (Å²) >= 11 is 1.43. The third kappa shape index (κ3) is 4.25. The Labute approximate surface area is 167 Å². The lowest BCUT2D eigenvalue weighted by atomic mass is 10.1. The molecule has 0 aromatic heterocycles. The molecule has 0 saturated carbocycles. The molecule has 2 aliphatic rings. The van der Waals surface area contributed by atoms with Crippen LogP contribution >= 0.6 is 11.8 Å². The molecule has 0 radical (unpaired) electrons. The Morgan fingerprint density at radius 2 is 1.93 bits per heavy atom. The van der Waals surface area contributed by atoms with Crippen molar-refractivity contribution in [3.05, 3.63) is 47.5 Å². The highest BCUT2D eigenvalue weighted by Gasteiger charge is 2.20. The Morgan fingerprint density at radius 3 is 2.82 bits per heavy atom. The van der Waals surface area contributed by atoms with E-state index in [9.17, 15) is 9.59 Å². The third-order valence-electron chi connectivity index (χ3n) is 4.74. The zero-order valence-electron chi connectivity index (χ0n) is 15.5. The van der Waals surface area contributed by atoms with Gasteiger partial charge < -0.3 is 19.5 Å². The number of carbonyl (C=O) groups is 2. The average molecular weight is 399 g/mol. The topological polar surface area (TPSA) is 73.9 Å². The predicted octanol–water partition coefficient (Wildman–Crippen LogP) is 3.57. The molecule has 1 atom stereocenters. The molecule has 7 heteroatoms. The summed E-state index contributed by atoms with van der Waals surface area (Å²) in [5, 5.41) is 2.72. The molecule has 0 fully saturated rings. The molecule has 1 N–H and O–H groups in total. The SMILES string of the molecule is C[C@H](OC(=O)CSc1ccc2c(c1)CCC2)C(=O)Nc1ccc2c(c1)OCO2. The molecule has 6 nitrogen and oxygen atoms in total. The summed E-state index contributed by atoms with van der Waals surface area (Å²) in [5.41, 5.74) is 3.33. The lowest BCUT2D eigenvalue weighted by Crippen LogP contribution is -2.30. The molecular formula is C21H21NO5S. The Morgan fingerprint density at radius 1 is 1.11 bits per heavy atom. The van der Waals surface area contributed by atoms with E-state index in [0.29, 0.717) is 17.2 Å². The third-order valence-corrected chi connectivity index (χ3v) is 5.71. The van der Waals surface area contributed by atoms with Crippen LogP contribution in [0.2, 0.25) is 0 Å². The molecule has 28 heavy (non-hydrogen) atoms. The lowest BCUT2D eigenvalue weighted by Gasteiger charge is -2.14. The van der Waals surface area contributed by atoms with Gasteiger partial charge in [0.15, 0.2) is 17.6 Å². The number of aryl methyl sites for hydroxylation is 2. The smallest absolute Gasteiger partial charge is 0.317 e. The Kier molecular flexibility index (Phi) is 5.43. The Balaban J connectivity index is 1.26. The van der Waals surface area contributed by atoms with Gasteiger partial charge >= 0.3 is 5.97 Å². The molecule has 0 bridgehead atoms. The number of amides is 1. The second-order valence-corrected chi connectivity index (χ2v) is 7.81. The quantitative estimate of drug-likeness (QED) is 0.591. The van der Waals surface area contributed by atoms with Gasteiger partial charge in [-0.15, -0.1) is 11.8 Å². The van der Waals surface area contributed by atoms with Crippen molar-refractivity contribution >= 4 is 29.3 Å². The van der Waals surface area contributed by atoms with Crippen LogP contribution in [0, 0.1) is 0 Å². The van der Waals surface area contributed by atoms with Crippen LogP contribution in [0.25, 0.3) is 0 Å². The normalized spacial score (nSPS) is 15.0. The number of benzene rings is 2. The van der Waals surface area contributed by atoms with E-state index in [-0.39, 0.29) is 12.5 Å². The van der Waals surface area contributed by atoms with E-state index in [1.54, 1.807) is 25.1 Å². The Hall–Kier alpha value is -2.67. The standard InChI is InChI=1S/C21H21NO5S/c1-13(21(24)22-16-6-8-18-19(10-16)26-12-25-18)27-20(23)11-28-17-7-5-14-3-2-4-15(14)9-17/h5-10,13H,2-4,11-12H2,1H3,(H,22,24)/t13-/m0/s1. The van der Waals surface area contributed by atoms with E-state index in [0.717, 1.165) is 17.7 Å². The second-order valence-electron chi connectivity index (χ2n) is 6.76. The second kappa shape index (κ2) is 8.14. The van der Waals surface area contributed by atoms with Gasteiger partial charge in [0.25, 0.3) is 5.91 Å². The van der Waals surface area contributed by atoms with Gasteiger partial charge in [0.05, 0.1) is 5.75 Å². The summed E-state index contributed by atoms with van der Waals surface area (Å²) in [7, 11) is 0. The van der Waals surface area contributed by atoms with Crippen LogP contribution in [0.4, 0.5) is 5.69 Å². The highest BCUT2D eigenvalue weighted by molar-refractivity contribution is 8.00. The number of hydrogen-bond acceptors (Lipinski definition) is 6. The first kappa shape index (κ1) is 18.7. The number of hydrogen-bond donors (Lipinski definition) is 1. The average Bonchev–Trinajstić information content (AvgIpc) is 3.34. The van der Waals surface area contributed by atoms with E-state index in [1.165, 1.54) is 29.3 Å². The van der Waals surface area contributed by atoms with Gasteiger partial charge in [-0.2, -0.15) is 0 Å². The van der Waals surface area contributed by atoms with Crippen molar-refractivity contribution in [2.24, 2.45) is 0 Å². The number of esters is 1. The van der Waals surface area contributed by atoms with E-state index in [1.807, 2.05) is 6.07 Å².